The lowest BCUT2D eigenvalue weighted by molar-refractivity contribution is -0.131. The average molecular weight is 355 g/mol. The lowest BCUT2D eigenvalue weighted by Crippen LogP contribution is -2.59. The van der Waals surface area contributed by atoms with Gasteiger partial charge >= 0.3 is 0 Å². The Hall–Kier alpha value is -2.77. The van der Waals surface area contributed by atoms with Crippen molar-refractivity contribution >= 4 is 11.8 Å². The molecule has 2 aromatic heterocycles. The summed E-state index contributed by atoms with van der Waals surface area (Å²) in [7, 11) is 0. The van der Waals surface area contributed by atoms with Crippen molar-refractivity contribution in [2.45, 2.75) is 26.2 Å². The maximum atomic E-state index is 12.4. The molecule has 4 rings (SSSR count). The Balaban J connectivity index is 1.28. The number of hydrogen-bond donors (Lipinski definition) is 0. The molecule has 26 heavy (non-hydrogen) atoms. The van der Waals surface area contributed by atoms with Crippen LogP contribution in [0.4, 0.5) is 0 Å². The molecule has 4 heterocycles. The number of amides is 2. The molecule has 1 spiro atoms. The lowest BCUT2D eigenvalue weighted by atomic mass is 9.78. The van der Waals surface area contributed by atoms with Crippen LogP contribution in [0.3, 0.4) is 0 Å². The third-order valence-corrected chi connectivity index (χ3v) is 5.18. The van der Waals surface area contributed by atoms with E-state index in [4.69, 9.17) is 4.52 Å². The average Bonchev–Trinajstić information content (AvgIpc) is 3.25. The van der Waals surface area contributed by atoms with E-state index >= 15 is 0 Å². The Morgan fingerprint density at radius 1 is 1.19 bits per heavy atom. The molecule has 0 aromatic carbocycles. The minimum atomic E-state index is 0.0366. The number of hydrogen-bond acceptors (Lipinski definition) is 6. The van der Waals surface area contributed by atoms with Gasteiger partial charge in [0, 0.05) is 62.4 Å². The molecule has 2 aliphatic rings. The molecular weight excluding hydrogens is 334 g/mol. The van der Waals surface area contributed by atoms with Crippen LogP contribution in [0, 0.1) is 12.3 Å². The molecule has 2 fully saturated rings. The second-order valence-electron chi connectivity index (χ2n) is 7.20. The normalized spacial score (nSPS) is 18.2. The highest BCUT2D eigenvalue weighted by Crippen LogP contribution is 2.40. The lowest BCUT2D eigenvalue weighted by Gasteiger charge is -2.48. The largest absolute Gasteiger partial charge is 0.342 e. The summed E-state index contributed by atoms with van der Waals surface area (Å²) in [5, 5.41) is 3.73. The molecule has 2 saturated heterocycles. The molecule has 136 valence electrons. The molecule has 0 radical (unpaired) electrons. The maximum absolute atomic E-state index is 12.4. The summed E-state index contributed by atoms with van der Waals surface area (Å²) in [4.78, 5) is 36.7. The van der Waals surface area contributed by atoms with E-state index < -0.39 is 0 Å². The molecule has 0 atom stereocenters. The fraction of sp³-hybridized carbons (Fsp3) is 0.500. The highest BCUT2D eigenvalue weighted by Gasteiger charge is 2.50. The molecule has 8 nitrogen and oxygen atoms in total. The highest BCUT2D eigenvalue weighted by molar-refractivity contribution is 5.94. The van der Waals surface area contributed by atoms with Gasteiger partial charge < -0.3 is 14.3 Å². The van der Waals surface area contributed by atoms with Crippen molar-refractivity contribution in [2.24, 2.45) is 5.41 Å². The van der Waals surface area contributed by atoms with Crippen molar-refractivity contribution in [3.63, 3.8) is 0 Å². The fourth-order valence-electron chi connectivity index (χ4n) is 3.80. The third kappa shape index (κ3) is 3.18. The van der Waals surface area contributed by atoms with E-state index in [1.165, 1.54) is 0 Å². The van der Waals surface area contributed by atoms with Crippen LogP contribution >= 0.6 is 0 Å². The molecule has 0 N–H and O–H groups in total. The van der Waals surface area contributed by atoms with Gasteiger partial charge in [-0.1, -0.05) is 5.16 Å². The summed E-state index contributed by atoms with van der Waals surface area (Å²) in [6.07, 6.45) is 5.04. The Morgan fingerprint density at radius 3 is 2.62 bits per heavy atom. The summed E-state index contributed by atoms with van der Waals surface area (Å²) >= 11 is 0. The van der Waals surface area contributed by atoms with Crippen molar-refractivity contribution in [3.05, 3.63) is 41.8 Å². The predicted molar refractivity (Wildman–Crippen MR) is 91.1 cm³/mol. The van der Waals surface area contributed by atoms with Gasteiger partial charge in [0.15, 0.2) is 5.82 Å². The number of rotatable bonds is 4. The zero-order valence-electron chi connectivity index (χ0n) is 14.7. The molecule has 2 aliphatic heterocycles. The fourth-order valence-corrected chi connectivity index (χ4v) is 3.80. The van der Waals surface area contributed by atoms with Gasteiger partial charge in [-0.3, -0.25) is 14.6 Å². The highest BCUT2D eigenvalue weighted by atomic mass is 16.5. The van der Waals surface area contributed by atoms with Gasteiger partial charge in [-0.05, 0) is 25.5 Å². The molecule has 0 aliphatic carbocycles. The van der Waals surface area contributed by atoms with E-state index in [1.54, 1.807) is 31.5 Å². The van der Waals surface area contributed by atoms with Crippen LogP contribution in [0.1, 0.15) is 34.9 Å². The second-order valence-corrected chi connectivity index (χ2v) is 7.20. The number of carbonyl (C=O) groups is 2. The number of carbonyl (C=O) groups excluding carboxylic acids is 2. The van der Waals surface area contributed by atoms with Crippen LogP contribution in [0.25, 0.3) is 0 Å². The second kappa shape index (κ2) is 6.51. The monoisotopic (exact) mass is 355 g/mol. The molecule has 0 unspecified atom stereocenters. The number of aryl methyl sites for hydroxylation is 2. The zero-order valence-corrected chi connectivity index (χ0v) is 14.7. The van der Waals surface area contributed by atoms with Gasteiger partial charge in [-0.2, -0.15) is 4.98 Å². The van der Waals surface area contributed by atoms with Gasteiger partial charge in [0.25, 0.3) is 5.91 Å². The summed E-state index contributed by atoms with van der Waals surface area (Å²) in [5.74, 6) is 1.23. The first-order valence-corrected chi connectivity index (χ1v) is 8.81. The van der Waals surface area contributed by atoms with Crippen LogP contribution in [-0.2, 0) is 11.2 Å². The van der Waals surface area contributed by atoms with Crippen molar-refractivity contribution in [3.8, 4) is 0 Å². The first kappa shape index (κ1) is 16.7. The molecule has 8 heteroatoms. The van der Waals surface area contributed by atoms with Gasteiger partial charge in [-0.15, -0.1) is 0 Å². The molecule has 0 saturated carbocycles. The van der Waals surface area contributed by atoms with Crippen LogP contribution in [0.15, 0.2) is 29.0 Å². The van der Waals surface area contributed by atoms with Crippen molar-refractivity contribution in [1.29, 1.82) is 0 Å². The minimum Gasteiger partial charge on any atom is -0.342 e. The molecule has 2 aromatic rings. The van der Waals surface area contributed by atoms with Gasteiger partial charge in [0.2, 0.25) is 11.8 Å². The van der Waals surface area contributed by atoms with E-state index in [9.17, 15) is 9.59 Å². The predicted octanol–water partition coefficient (Wildman–Crippen LogP) is 1.08. The molecular formula is C18H21N5O3. The molecule has 2 amide bonds. The topological polar surface area (TPSA) is 92.4 Å². The van der Waals surface area contributed by atoms with E-state index in [0.717, 1.165) is 19.5 Å². The quantitative estimate of drug-likeness (QED) is 0.815. The first-order chi connectivity index (χ1) is 12.5. The Labute approximate surface area is 151 Å². The van der Waals surface area contributed by atoms with E-state index in [1.807, 2.05) is 9.80 Å². The van der Waals surface area contributed by atoms with Crippen LogP contribution in [0.2, 0.25) is 0 Å². The summed E-state index contributed by atoms with van der Waals surface area (Å²) in [5.41, 5.74) is 0.718. The number of likely N-dealkylation sites (tertiary alicyclic amines) is 2. The van der Waals surface area contributed by atoms with E-state index in [0.29, 0.717) is 43.2 Å². The Bertz CT molecular complexity index is 813. The SMILES string of the molecule is Cc1noc(CCC(=O)N2CCC3(C2)CN(C(=O)c2ccncc2)C3)n1. The van der Waals surface area contributed by atoms with Crippen molar-refractivity contribution < 1.29 is 14.1 Å². The summed E-state index contributed by atoms with van der Waals surface area (Å²) in [6.45, 7) is 4.64. The number of pyridine rings is 1. The van der Waals surface area contributed by atoms with Gasteiger partial charge in [0.1, 0.15) is 0 Å². The zero-order chi connectivity index (χ0) is 18.1. The first-order valence-electron chi connectivity index (χ1n) is 8.81. The minimum absolute atomic E-state index is 0.0366. The maximum Gasteiger partial charge on any atom is 0.254 e. The van der Waals surface area contributed by atoms with Gasteiger partial charge in [-0.25, -0.2) is 0 Å². The third-order valence-electron chi connectivity index (χ3n) is 5.18. The van der Waals surface area contributed by atoms with E-state index in [-0.39, 0.29) is 17.2 Å². The van der Waals surface area contributed by atoms with Gasteiger partial charge in [0.05, 0.1) is 0 Å². The van der Waals surface area contributed by atoms with Crippen molar-refractivity contribution in [2.75, 3.05) is 26.2 Å². The smallest absolute Gasteiger partial charge is 0.254 e. The van der Waals surface area contributed by atoms with E-state index in [2.05, 4.69) is 15.1 Å². The Kier molecular flexibility index (Phi) is 4.18. The molecule has 0 bridgehead atoms. The summed E-state index contributed by atoms with van der Waals surface area (Å²) < 4.78 is 5.05. The van der Waals surface area contributed by atoms with Crippen molar-refractivity contribution in [1.82, 2.24) is 24.9 Å². The van der Waals surface area contributed by atoms with Crippen LogP contribution < -0.4 is 0 Å². The van der Waals surface area contributed by atoms with Crippen LogP contribution in [-0.4, -0.2) is 62.9 Å². The Morgan fingerprint density at radius 2 is 1.92 bits per heavy atom. The number of aromatic nitrogens is 3. The van der Waals surface area contributed by atoms with Crippen LogP contribution in [0.5, 0.6) is 0 Å². The standard InChI is InChI=1S/C18H21N5O3/c1-13-20-15(26-21-13)2-3-16(24)22-9-6-18(10-22)11-23(12-18)17(25)14-4-7-19-8-5-14/h4-5,7-8H,2-3,6,9-12H2,1H3. The summed E-state index contributed by atoms with van der Waals surface area (Å²) in [6, 6.07) is 3.47. The number of nitrogens with zero attached hydrogens (tertiary/aromatic N) is 5.